The topological polar surface area (TPSA) is 20.2 Å². The van der Waals surface area contributed by atoms with E-state index in [4.69, 9.17) is 0 Å². The zero-order valence-corrected chi connectivity index (χ0v) is 16.2. The summed E-state index contributed by atoms with van der Waals surface area (Å²) in [5.41, 5.74) is 8.05. The predicted octanol–water partition coefficient (Wildman–Crippen LogP) is 7.30. The molecular weight excluding hydrogens is 340 g/mol. The molecule has 0 bridgehead atoms. The van der Waals surface area contributed by atoms with E-state index in [1.165, 1.54) is 60.3 Å². The number of H-pyrrole nitrogens is 1. The second-order valence-corrected chi connectivity index (χ2v) is 7.40. The van der Waals surface area contributed by atoms with Gasteiger partial charge in [0.1, 0.15) is 0 Å². The van der Waals surface area contributed by atoms with Crippen LogP contribution in [0.1, 0.15) is 31.5 Å². The van der Waals surface area contributed by atoms with Gasteiger partial charge in [-0.05, 0) is 42.7 Å². The van der Waals surface area contributed by atoms with Crippen LogP contribution in [0.25, 0.3) is 55.1 Å². The number of para-hydroxylation sites is 2. The zero-order valence-electron chi connectivity index (χ0n) is 16.2. The van der Waals surface area contributed by atoms with E-state index in [1.807, 2.05) is 13.8 Å². The maximum Gasteiger partial charge on any atom is 0.0638 e. The molecule has 0 aliphatic heterocycles. The number of nitrogens with zero attached hydrogens (tertiary/aromatic N) is 1. The smallest absolute Gasteiger partial charge is 0.0638 e. The van der Waals surface area contributed by atoms with Crippen molar-refractivity contribution < 1.29 is 0 Å². The van der Waals surface area contributed by atoms with Crippen LogP contribution < -0.4 is 0 Å². The molecular formula is C26H22N2. The highest BCUT2D eigenvalue weighted by atomic mass is 14.9. The van der Waals surface area contributed by atoms with Gasteiger partial charge in [-0.1, -0.05) is 56.3 Å². The number of aryl methyl sites for hydroxylation is 1. The van der Waals surface area contributed by atoms with Gasteiger partial charge in [-0.25, -0.2) is 0 Å². The largest absolute Gasteiger partial charge is 0.354 e. The van der Waals surface area contributed by atoms with Crippen LogP contribution in [0.5, 0.6) is 0 Å². The van der Waals surface area contributed by atoms with Crippen molar-refractivity contribution >= 4 is 55.1 Å². The number of hydrogen-bond donors (Lipinski definition) is 1. The van der Waals surface area contributed by atoms with Gasteiger partial charge in [-0.3, -0.25) is 0 Å². The van der Waals surface area contributed by atoms with Gasteiger partial charge in [0.2, 0.25) is 0 Å². The van der Waals surface area contributed by atoms with Crippen LogP contribution in [-0.4, -0.2) is 9.38 Å². The summed E-state index contributed by atoms with van der Waals surface area (Å²) in [6, 6.07) is 19.9. The molecule has 2 nitrogen and oxygen atoms in total. The molecule has 0 saturated carbocycles. The third-order valence-electron chi connectivity index (χ3n) is 6.13. The van der Waals surface area contributed by atoms with Gasteiger partial charge in [-0.2, -0.15) is 0 Å². The average Bonchev–Trinajstić information content (AvgIpc) is 3.41. The molecule has 0 radical (unpaired) electrons. The Hall–Kier alpha value is -3.26. The molecule has 3 heterocycles. The molecule has 0 spiro atoms. The van der Waals surface area contributed by atoms with Crippen LogP contribution in [0.3, 0.4) is 0 Å². The lowest BCUT2D eigenvalue weighted by Crippen LogP contribution is -1.94. The number of allylic oxidation sites excluding steroid dienone is 1. The molecule has 0 saturated heterocycles. The van der Waals surface area contributed by atoms with E-state index in [2.05, 4.69) is 76.1 Å². The molecule has 1 N–H and O–H groups in total. The van der Waals surface area contributed by atoms with E-state index in [9.17, 15) is 0 Å². The standard InChI is InChI=1S/C24H16N2.C2H6/c1-4-10-19-14(7-1)17-13-18-15-8-2-5-11-20(15)26-21-12-6-3-9-16(21)22(24(18)26)23(17)25-19;1-2/h1,3-7,9-13,25H,2,8H2;1-2H3. The van der Waals surface area contributed by atoms with Gasteiger partial charge >= 0.3 is 0 Å². The summed E-state index contributed by atoms with van der Waals surface area (Å²) in [5.74, 6) is 0. The Morgan fingerprint density at radius 3 is 2.54 bits per heavy atom. The lowest BCUT2D eigenvalue weighted by atomic mass is 9.97. The fraction of sp³-hybridized carbons (Fsp3) is 0.154. The Kier molecular flexibility index (Phi) is 3.16. The number of hydrogen-bond acceptors (Lipinski definition) is 0. The van der Waals surface area contributed by atoms with Crippen LogP contribution >= 0.6 is 0 Å². The van der Waals surface area contributed by atoms with Crippen LogP contribution in [0.2, 0.25) is 0 Å². The van der Waals surface area contributed by atoms with Crippen molar-refractivity contribution in [3.05, 3.63) is 71.9 Å². The normalized spacial score (nSPS) is 13.6. The molecule has 0 atom stereocenters. The van der Waals surface area contributed by atoms with Gasteiger partial charge in [0.05, 0.1) is 16.6 Å². The van der Waals surface area contributed by atoms with Crippen LogP contribution in [0.4, 0.5) is 0 Å². The van der Waals surface area contributed by atoms with Gasteiger partial charge in [-0.15, -0.1) is 0 Å². The number of benzene rings is 3. The summed E-state index contributed by atoms with van der Waals surface area (Å²) in [7, 11) is 0. The van der Waals surface area contributed by atoms with Crippen molar-refractivity contribution in [1.82, 2.24) is 9.38 Å². The van der Waals surface area contributed by atoms with Gasteiger partial charge in [0, 0.05) is 38.1 Å². The first-order valence-corrected chi connectivity index (χ1v) is 10.3. The fourth-order valence-electron chi connectivity index (χ4n) is 5.09. The molecule has 7 rings (SSSR count). The molecule has 3 aromatic heterocycles. The van der Waals surface area contributed by atoms with Gasteiger partial charge in [0.15, 0.2) is 0 Å². The molecule has 0 amide bonds. The third kappa shape index (κ3) is 1.78. The second-order valence-electron chi connectivity index (χ2n) is 7.40. The number of aromatic nitrogens is 2. The van der Waals surface area contributed by atoms with E-state index < -0.39 is 0 Å². The van der Waals surface area contributed by atoms with Crippen molar-refractivity contribution in [2.45, 2.75) is 26.7 Å². The highest BCUT2D eigenvalue weighted by Gasteiger charge is 2.24. The molecule has 3 aromatic carbocycles. The SMILES string of the molecule is C1=Cc2c(c3cc4c5ccccc5[nH]c4c4c5ccccc5n2c34)CC1.CC. The van der Waals surface area contributed by atoms with Crippen molar-refractivity contribution in [3.8, 4) is 0 Å². The number of fused-ring (bicyclic) bond motifs is 10. The lowest BCUT2D eigenvalue weighted by molar-refractivity contribution is 0.985. The van der Waals surface area contributed by atoms with E-state index in [1.54, 1.807) is 0 Å². The maximum atomic E-state index is 3.71. The van der Waals surface area contributed by atoms with Gasteiger partial charge < -0.3 is 9.38 Å². The van der Waals surface area contributed by atoms with E-state index in [0.717, 1.165) is 12.8 Å². The Balaban J connectivity index is 0.000000756. The highest BCUT2D eigenvalue weighted by Crippen LogP contribution is 2.44. The van der Waals surface area contributed by atoms with Crippen molar-refractivity contribution in [3.63, 3.8) is 0 Å². The summed E-state index contributed by atoms with van der Waals surface area (Å²) in [5, 5.41) is 6.79. The number of nitrogens with one attached hydrogen (secondary N) is 1. The minimum absolute atomic E-state index is 1.13. The second kappa shape index (κ2) is 5.62. The highest BCUT2D eigenvalue weighted by molar-refractivity contribution is 6.30. The first kappa shape index (κ1) is 15.8. The minimum Gasteiger partial charge on any atom is -0.354 e. The van der Waals surface area contributed by atoms with E-state index in [-0.39, 0.29) is 0 Å². The molecule has 1 aliphatic carbocycles. The van der Waals surface area contributed by atoms with Crippen LogP contribution in [0.15, 0.2) is 60.7 Å². The van der Waals surface area contributed by atoms with E-state index in [0.29, 0.717) is 0 Å². The lowest BCUT2D eigenvalue weighted by Gasteiger charge is -2.07. The molecule has 0 unspecified atom stereocenters. The summed E-state index contributed by atoms with van der Waals surface area (Å²) in [4.78, 5) is 3.71. The predicted molar refractivity (Wildman–Crippen MR) is 122 cm³/mol. The number of aromatic amines is 1. The molecule has 136 valence electrons. The zero-order chi connectivity index (χ0) is 18.8. The van der Waals surface area contributed by atoms with Crippen LogP contribution in [0, 0.1) is 0 Å². The average molecular weight is 362 g/mol. The molecule has 1 aliphatic rings. The Morgan fingerprint density at radius 2 is 1.64 bits per heavy atom. The first-order chi connectivity index (χ1) is 13.9. The monoisotopic (exact) mass is 362 g/mol. The van der Waals surface area contributed by atoms with Gasteiger partial charge in [0.25, 0.3) is 0 Å². The Labute approximate surface area is 163 Å². The first-order valence-electron chi connectivity index (χ1n) is 10.3. The third-order valence-corrected chi connectivity index (χ3v) is 6.13. The number of rotatable bonds is 0. The summed E-state index contributed by atoms with van der Waals surface area (Å²) < 4.78 is 2.48. The summed E-state index contributed by atoms with van der Waals surface area (Å²) in [6.45, 7) is 4.00. The van der Waals surface area contributed by atoms with Crippen molar-refractivity contribution in [2.24, 2.45) is 0 Å². The molecule has 6 aromatic rings. The summed E-state index contributed by atoms with van der Waals surface area (Å²) in [6.07, 6.45) is 6.89. The van der Waals surface area contributed by atoms with Crippen LogP contribution in [-0.2, 0) is 6.42 Å². The van der Waals surface area contributed by atoms with E-state index >= 15 is 0 Å². The molecule has 28 heavy (non-hydrogen) atoms. The Bertz CT molecular complexity index is 1520. The molecule has 0 fully saturated rings. The molecule has 2 heteroatoms. The minimum atomic E-state index is 1.13. The summed E-state index contributed by atoms with van der Waals surface area (Å²) >= 11 is 0. The maximum absolute atomic E-state index is 3.71. The van der Waals surface area contributed by atoms with Crippen molar-refractivity contribution in [2.75, 3.05) is 0 Å². The Morgan fingerprint density at radius 1 is 0.857 bits per heavy atom. The van der Waals surface area contributed by atoms with Crippen molar-refractivity contribution in [1.29, 1.82) is 0 Å². The fourth-order valence-corrected chi connectivity index (χ4v) is 5.09. The quantitative estimate of drug-likeness (QED) is 0.292.